The Morgan fingerprint density at radius 2 is 0.836 bits per heavy atom. The normalized spacial score (nSPS) is 11.9. The number of H-pyrrole nitrogens is 2. The molecule has 0 fully saturated rings. The molecule has 2 aliphatic heterocycles. The predicted molar refractivity (Wildman–Crippen MR) is 218 cm³/mol. The van der Waals surface area contributed by atoms with Gasteiger partial charge in [-0.1, -0.05) is 12.1 Å². The van der Waals surface area contributed by atoms with Gasteiger partial charge in [0.25, 0.3) is 0 Å². The lowest BCUT2D eigenvalue weighted by Gasteiger charge is -2.08. The quantitative estimate of drug-likeness (QED) is 0.159. The molecular weight excluding hydrogens is 681 g/mol. The Balaban J connectivity index is 1.45. The summed E-state index contributed by atoms with van der Waals surface area (Å²) < 4.78 is 6.09. The van der Waals surface area contributed by atoms with E-state index in [-0.39, 0.29) is 5.91 Å². The number of hydrogen-bond donors (Lipinski definition) is 3. The van der Waals surface area contributed by atoms with E-state index in [9.17, 15) is 4.79 Å². The Morgan fingerprint density at radius 1 is 0.491 bits per heavy atom. The fraction of sp³-hybridized carbons (Fsp3) is 0.0870. The van der Waals surface area contributed by atoms with E-state index in [1.54, 1.807) is 0 Å². The van der Waals surface area contributed by atoms with Gasteiger partial charge in [0.15, 0.2) is 37.2 Å². The Bertz CT molecular complexity index is 2840. The summed E-state index contributed by atoms with van der Waals surface area (Å²) in [6.07, 6.45) is 20.7. The number of fused-ring (bicyclic) bond motifs is 8. The summed E-state index contributed by atoms with van der Waals surface area (Å²) in [6.45, 7) is 1.52. The first kappa shape index (κ1) is 33.6. The maximum Gasteiger partial charge on any atom is 0.221 e. The average Bonchev–Trinajstić information content (AvgIpc) is 4.02. The third-order valence-electron chi connectivity index (χ3n) is 10.0. The van der Waals surface area contributed by atoms with Gasteiger partial charge < -0.3 is 15.3 Å². The van der Waals surface area contributed by atoms with Gasteiger partial charge in [-0.25, -0.2) is 23.7 Å². The molecule has 8 bridgehead atoms. The van der Waals surface area contributed by atoms with Crippen molar-refractivity contribution in [2.45, 2.75) is 6.92 Å². The first-order valence-corrected chi connectivity index (χ1v) is 18.2. The summed E-state index contributed by atoms with van der Waals surface area (Å²) in [7, 11) is 6.06. The molecule has 8 heterocycles. The largest absolute Gasteiger partial charge is 0.354 e. The number of hydrogen-bond acceptors (Lipinski definition) is 3. The minimum absolute atomic E-state index is 0.129. The van der Waals surface area contributed by atoms with Crippen LogP contribution in [0.25, 0.3) is 90.9 Å². The number of aromatic amines is 2. The van der Waals surface area contributed by atoms with Crippen molar-refractivity contribution < 1.29 is 18.5 Å². The molecule has 9 heteroatoms. The third kappa shape index (κ3) is 6.42. The van der Waals surface area contributed by atoms with E-state index in [0.717, 1.165) is 89.4 Å². The van der Waals surface area contributed by atoms with Gasteiger partial charge in [-0.05, 0) is 83.0 Å². The smallest absolute Gasteiger partial charge is 0.221 e. The van der Waals surface area contributed by atoms with E-state index in [1.807, 2.05) is 53.0 Å². The highest BCUT2D eigenvalue weighted by molar-refractivity contribution is 6.00. The second kappa shape index (κ2) is 13.6. The Morgan fingerprint density at radius 3 is 1.18 bits per heavy atom. The van der Waals surface area contributed by atoms with Gasteiger partial charge in [-0.2, -0.15) is 0 Å². The minimum Gasteiger partial charge on any atom is -0.354 e. The lowest BCUT2D eigenvalue weighted by Crippen LogP contribution is -2.25. The fourth-order valence-corrected chi connectivity index (χ4v) is 7.38. The van der Waals surface area contributed by atoms with Crippen LogP contribution in [0.5, 0.6) is 0 Å². The molecule has 266 valence electrons. The molecule has 1 aromatic carbocycles. The van der Waals surface area contributed by atoms with E-state index >= 15 is 0 Å². The van der Waals surface area contributed by atoms with Gasteiger partial charge >= 0.3 is 0 Å². The van der Waals surface area contributed by atoms with Crippen molar-refractivity contribution in [3.8, 4) is 44.5 Å². The molecule has 9 nitrogen and oxygen atoms in total. The van der Waals surface area contributed by atoms with Crippen LogP contribution >= 0.6 is 0 Å². The summed E-state index contributed by atoms with van der Waals surface area (Å²) in [6, 6.07) is 29.2. The highest BCUT2D eigenvalue weighted by Gasteiger charge is 2.20. The molecule has 0 saturated heterocycles. The second-order valence-corrected chi connectivity index (χ2v) is 14.0. The number of pyridine rings is 3. The summed E-state index contributed by atoms with van der Waals surface area (Å²) >= 11 is 0. The molecule has 1 amide bonds. The van der Waals surface area contributed by atoms with Crippen molar-refractivity contribution in [2.75, 3.05) is 5.32 Å². The average molecular weight is 720 g/mol. The summed E-state index contributed by atoms with van der Waals surface area (Å²) in [5, 5.41) is 2.96. The Hall–Kier alpha value is -7.26. The van der Waals surface area contributed by atoms with Crippen LogP contribution < -0.4 is 19.0 Å². The Kier molecular flexibility index (Phi) is 8.31. The van der Waals surface area contributed by atoms with Crippen LogP contribution in [-0.4, -0.2) is 25.8 Å². The first-order valence-electron chi connectivity index (χ1n) is 18.2. The van der Waals surface area contributed by atoms with Gasteiger partial charge in [0.05, 0.1) is 22.8 Å². The van der Waals surface area contributed by atoms with Crippen molar-refractivity contribution in [2.24, 2.45) is 21.1 Å². The number of benzene rings is 1. The van der Waals surface area contributed by atoms with Crippen molar-refractivity contribution in [3.05, 3.63) is 145 Å². The molecule has 0 aliphatic carbocycles. The van der Waals surface area contributed by atoms with E-state index in [4.69, 9.17) is 9.97 Å². The third-order valence-corrected chi connectivity index (χ3v) is 10.0. The van der Waals surface area contributed by atoms with Gasteiger partial charge in [-0.3, -0.25) is 4.79 Å². The molecule has 7 aromatic rings. The lowest BCUT2D eigenvalue weighted by molar-refractivity contribution is -0.671. The van der Waals surface area contributed by atoms with Gasteiger partial charge in [0.1, 0.15) is 21.1 Å². The molecule has 55 heavy (non-hydrogen) atoms. The zero-order valence-corrected chi connectivity index (χ0v) is 31.0. The number of nitrogens with zero attached hydrogens (tertiary/aromatic N) is 5. The fourth-order valence-electron chi connectivity index (χ4n) is 7.38. The van der Waals surface area contributed by atoms with E-state index < -0.39 is 0 Å². The maximum absolute atomic E-state index is 12.1. The molecule has 9 rings (SSSR count). The first-order chi connectivity index (χ1) is 26.8. The summed E-state index contributed by atoms with van der Waals surface area (Å²) in [5.41, 5.74) is 15.6. The molecule has 2 aliphatic rings. The van der Waals surface area contributed by atoms with Gasteiger partial charge in [0, 0.05) is 93.3 Å². The van der Waals surface area contributed by atoms with Crippen LogP contribution in [0.3, 0.4) is 0 Å². The van der Waals surface area contributed by atoms with Gasteiger partial charge in [-0.15, -0.1) is 0 Å². The number of aryl methyl sites for hydroxylation is 3. The highest BCUT2D eigenvalue weighted by Crippen LogP contribution is 2.38. The van der Waals surface area contributed by atoms with Crippen LogP contribution in [0.4, 0.5) is 5.69 Å². The zero-order valence-electron chi connectivity index (χ0n) is 31.0. The van der Waals surface area contributed by atoms with E-state index in [1.165, 1.54) is 6.92 Å². The summed E-state index contributed by atoms with van der Waals surface area (Å²) in [5.74, 6) is -0.129. The molecule has 0 unspecified atom stereocenters. The number of anilines is 1. The van der Waals surface area contributed by atoms with Crippen LogP contribution in [0, 0.1) is 0 Å². The number of amides is 1. The van der Waals surface area contributed by atoms with E-state index in [0.29, 0.717) is 5.69 Å². The van der Waals surface area contributed by atoms with E-state index in [2.05, 4.69) is 143 Å². The van der Waals surface area contributed by atoms with Gasteiger partial charge in [0.2, 0.25) is 5.91 Å². The number of rotatable bonds is 5. The standard InChI is InChI=1S/C46H37N8O/c1-29(55)47-34-7-5-6-33(28-34)46-41-14-12-39(50-41)44(31-18-24-53(3)25-19-31)37-10-8-35(48-37)43(30-16-22-52(2)23-17-30)36-9-11-38(49-36)45(40-13-15-42(46)51-40)32-20-26-54(4)27-21-32/h5-28H,1-4H3,(H-,47,48,49,50,51,55)/q+1/p+2. The Labute approximate surface area is 318 Å². The van der Waals surface area contributed by atoms with Crippen LogP contribution in [-0.2, 0) is 25.9 Å². The maximum atomic E-state index is 12.1. The topological polar surface area (TPSA) is 98.1 Å². The number of nitrogens with one attached hydrogen (secondary N) is 3. The van der Waals surface area contributed by atoms with Crippen LogP contribution in [0.2, 0.25) is 0 Å². The molecule has 3 N–H and O–H groups in total. The SMILES string of the molecule is CC(=O)Nc1cccc(-c2c3nc(c(-c4cc[n+](C)cc4)c4ccc([nH]4)c(-c4cc[n+](C)cc4)c4nc(c(-c5cc[n+](C)cc5)c5ccc2[nH]5)C=C4)C=C3)c1. The minimum atomic E-state index is -0.129. The van der Waals surface area contributed by atoms with Crippen molar-refractivity contribution in [1.82, 2.24) is 19.9 Å². The lowest BCUT2D eigenvalue weighted by atomic mass is 10.0. The van der Waals surface area contributed by atoms with Crippen molar-refractivity contribution >= 4 is 58.0 Å². The molecule has 0 spiro atoms. The number of aromatic nitrogens is 7. The van der Waals surface area contributed by atoms with Crippen molar-refractivity contribution in [1.29, 1.82) is 0 Å². The highest BCUT2D eigenvalue weighted by atomic mass is 16.1. The second-order valence-electron chi connectivity index (χ2n) is 14.0. The summed E-state index contributed by atoms with van der Waals surface area (Å²) in [4.78, 5) is 30.5. The monoisotopic (exact) mass is 719 g/mol. The predicted octanol–water partition coefficient (Wildman–Crippen LogP) is 7.76. The van der Waals surface area contributed by atoms with Crippen molar-refractivity contribution in [3.63, 3.8) is 0 Å². The molecular formula is C46H39N8O+3. The van der Waals surface area contributed by atoms with Crippen LogP contribution in [0.1, 0.15) is 29.7 Å². The molecule has 0 saturated carbocycles. The van der Waals surface area contributed by atoms with Crippen LogP contribution in [0.15, 0.2) is 122 Å². The molecule has 0 radical (unpaired) electrons. The molecule has 0 atom stereocenters. The number of carbonyl (C=O) groups excluding carboxylic acids is 1. The number of carbonyl (C=O) groups is 1. The zero-order chi connectivity index (χ0) is 37.6. The molecule has 6 aromatic heterocycles.